The van der Waals surface area contributed by atoms with Gasteiger partial charge in [0.15, 0.2) is 0 Å². The van der Waals surface area contributed by atoms with Gasteiger partial charge in [0.25, 0.3) is 5.91 Å². The summed E-state index contributed by atoms with van der Waals surface area (Å²) in [6.45, 7) is 7.19. The van der Waals surface area contributed by atoms with Gasteiger partial charge in [-0.05, 0) is 38.1 Å². The van der Waals surface area contributed by atoms with E-state index in [4.69, 9.17) is 5.41 Å². The van der Waals surface area contributed by atoms with Gasteiger partial charge in [0.2, 0.25) is 0 Å². The van der Waals surface area contributed by atoms with Gasteiger partial charge < -0.3 is 5.32 Å². The molecule has 0 aliphatic carbocycles. The van der Waals surface area contributed by atoms with Crippen molar-refractivity contribution < 1.29 is 9.18 Å². The summed E-state index contributed by atoms with van der Waals surface area (Å²) < 4.78 is 13.2. The average Bonchev–Trinajstić information content (AvgIpc) is 3.03. The Bertz CT molecular complexity index is 859. The number of carbonyl (C=O) groups is 1. The maximum absolute atomic E-state index is 13.2. The standard InChI is InChI=1S/C20H22FN5OS/c1-14-9-18(20(27)26(11-22)16(3)10-15(2)21)28-19(14)25-13-23-12-24-17-7-5-4-6-8-17/h4-11,13,15,22,24H,1,12H2,2-3H3/b16-10+,22-11?,23-13-,25-19?. The lowest BCUT2D eigenvalue weighted by atomic mass is 10.2. The zero-order valence-corrected chi connectivity index (χ0v) is 16.5. The quantitative estimate of drug-likeness (QED) is 0.503. The number of hydrogen-bond donors (Lipinski definition) is 2. The Kier molecular flexibility index (Phi) is 7.88. The number of alkyl halides is 1. The molecule has 6 nitrogen and oxygen atoms in total. The van der Waals surface area contributed by atoms with Gasteiger partial charge in [0.05, 0.1) is 11.2 Å². The van der Waals surface area contributed by atoms with E-state index in [1.807, 2.05) is 30.3 Å². The highest BCUT2D eigenvalue weighted by molar-refractivity contribution is 8.19. The molecule has 28 heavy (non-hydrogen) atoms. The maximum Gasteiger partial charge on any atom is 0.270 e. The lowest BCUT2D eigenvalue weighted by Gasteiger charge is -2.18. The molecule has 2 N–H and O–H groups in total. The molecule has 0 aromatic heterocycles. The first-order valence-corrected chi connectivity index (χ1v) is 9.34. The van der Waals surface area contributed by atoms with Crippen LogP contribution in [0, 0.1) is 5.41 Å². The number of rotatable bonds is 8. The van der Waals surface area contributed by atoms with Crippen molar-refractivity contribution in [1.82, 2.24) is 4.90 Å². The topological polar surface area (TPSA) is 80.9 Å². The van der Waals surface area contributed by atoms with E-state index < -0.39 is 12.1 Å². The SMILES string of the molecule is C=C1C=C(C(=O)N(C=N)/C(C)=C/C(C)F)SC1=N/C=N\CNc1ccccc1. The van der Waals surface area contributed by atoms with Crippen LogP contribution in [0.2, 0.25) is 0 Å². The Morgan fingerprint density at radius 2 is 2.14 bits per heavy atom. The lowest BCUT2D eigenvalue weighted by molar-refractivity contribution is -0.121. The first-order valence-electron chi connectivity index (χ1n) is 8.53. The summed E-state index contributed by atoms with van der Waals surface area (Å²) in [7, 11) is 0. The molecule has 1 heterocycles. The number of para-hydroxylation sites is 1. The summed E-state index contributed by atoms with van der Waals surface area (Å²) in [5.74, 6) is -0.427. The van der Waals surface area contributed by atoms with E-state index >= 15 is 0 Å². The predicted molar refractivity (Wildman–Crippen MR) is 116 cm³/mol. The van der Waals surface area contributed by atoms with Crippen molar-refractivity contribution in [3.8, 4) is 0 Å². The van der Waals surface area contributed by atoms with Crippen molar-refractivity contribution >= 4 is 41.1 Å². The number of benzene rings is 1. The fraction of sp³-hybridized carbons (Fsp3) is 0.200. The number of hydrogen-bond acceptors (Lipinski definition) is 5. The van der Waals surface area contributed by atoms with Crippen molar-refractivity contribution in [1.29, 1.82) is 5.41 Å². The molecular weight excluding hydrogens is 377 g/mol. The zero-order chi connectivity index (χ0) is 20.5. The molecule has 146 valence electrons. The smallest absolute Gasteiger partial charge is 0.270 e. The van der Waals surface area contributed by atoms with Crippen LogP contribution >= 0.6 is 11.8 Å². The van der Waals surface area contributed by atoms with Gasteiger partial charge in [-0.2, -0.15) is 0 Å². The highest BCUT2D eigenvalue weighted by Crippen LogP contribution is 2.32. The van der Waals surface area contributed by atoms with Gasteiger partial charge in [-0.3, -0.25) is 20.1 Å². The summed E-state index contributed by atoms with van der Waals surface area (Å²) in [6.07, 6.45) is 3.94. The van der Waals surface area contributed by atoms with E-state index in [9.17, 15) is 9.18 Å². The summed E-state index contributed by atoms with van der Waals surface area (Å²) >= 11 is 1.15. The van der Waals surface area contributed by atoms with Gasteiger partial charge in [-0.25, -0.2) is 9.38 Å². The second kappa shape index (κ2) is 10.4. The van der Waals surface area contributed by atoms with E-state index in [0.29, 0.717) is 27.9 Å². The molecule has 1 unspecified atom stereocenters. The summed E-state index contributed by atoms with van der Waals surface area (Å²) in [4.78, 5) is 22.5. The zero-order valence-electron chi connectivity index (χ0n) is 15.7. The molecule has 0 saturated carbocycles. The molecule has 1 aliphatic rings. The first kappa shape index (κ1) is 21.3. The minimum atomic E-state index is -1.21. The van der Waals surface area contributed by atoms with Crippen molar-refractivity contribution in [2.75, 3.05) is 12.0 Å². The number of aliphatic imine (C=N–C) groups is 2. The molecule has 0 fully saturated rings. The van der Waals surface area contributed by atoms with Gasteiger partial charge in [0.1, 0.15) is 24.2 Å². The van der Waals surface area contributed by atoms with Gasteiger partial charge >= 0.3 is 0 Å². The van der Waals surface area contributed by atoms with Crippen LogP contribution in [0.5, 0.6) is 0 Å². The minimum absolute atomic E-state index is 0.348. The Morgan fingerprint density at radius 3 is 2.79 bits per heavy atom. The third kappa shape index (κ3) is 6.02. The highest BCUT2D eigenvalue weighted by Gasteiger charge is 2.26. The van der Waals surface area contributed by atoms with E-state index in [-0.39, 0.29) is 0 Å². The number of thioether (sulfide) groups is 1. The predicted octanol–water partition coefficient (Wildman–Crippen LogP) is 4.37. The minimum Gasteiger partial charge on any atom is -0.366 e. The number of nitrogens with one attached hydrogen (secondary N) is 2. The Balaban J connectivity index is 1.96. The molecule has 1 aromatic carbocycles. The molecule has 1 atom stereocenters. The molecule has 0 saturated heterocycles. The van der Waals surface area contributed by atoms with Gasteiger partial charge in [-0.15, -0.1) is 0 Å². The van der Waals surface area contributed by atoms with Crippen LogP contribution in [-0.2, 0) is 4.79 Å². The molecule has 1 aromatic rings. The fourth-order valence-electron chi connectivity index (χ4n) is 2.31. The molecule has 1 amide bonds. The second-order valence-electron chi connectivity index (χ2n) is 5.86. The molecule has 0 radical (unpaired) electrons. The van der Waals surface area contributed by atoms with E-state index in [1.54, 1.807) is 13.0 Å². The number of amides is 1. The summed E-state index contributed by atoms with van der Waals surface area (Å²) in [5, 5.41) is 11.1. The van der Waals surface area contributed by atoms with Crippen LogP contribution in [0.15, 0.2) is 75.2 Å². The van der Waals surface area contributed by atoms with Crippen LogP contribution in [0.25, 0.3) is 0 Å². The molecule has 2 rings (SSSR count). The van der Waals surface area contributed by atoms with Gasteiger partial charge in [0, 0.05) is 17.0 Å². The normalized spacial score (nSPS) is 17.0. The molecule has 0 spiro atoms. The second-order valence-corrected chi connectivity index (χ2v) is 6.89. The van der Waals surface area contributed by atoms with E-state index in [2.05, 4.69) is 21.9 Å². The van der Waals surface area contributed by atoms with Crippen LogP contribution in [0.4, 0.5) is 10.1 Å². The number of halogens is 1. The maximum atomic E-state index is 13.2. The Hall–Kier alpha value is -3.00. The van der Waals surface area contributed by atoms with Gasteiger partial charge in [-0.1, -0.05) is 36.5 Å². The molecule has 8 heteroatoms. The highest BCUT2D eigenvalue weighted by atomic mass is 32.2. The average molecular weight is 399 g/mol. The van der Waals surface area contributed by atoms with Crippen molar-refractivity contribution in [2.45, 2.75) is 20.0 Å². The summed E-state index contributed by atoms with van der Waals surface area (Å²) in [6, 6.07) is 9.67. The number of allylic oxidation sites excluding steroid dienone is 3. The molecule has 1 aliphatic heterocycles. The fourth-order valence-corrected chi connectivity index (χ4v) is 3.20. The molecule has 0 bridgehead atoms. The number of nitrogens with zero attached hydrogens (tertiary/aromatic N) is 3. The lowest BCUT2D eigenvalue weighted by Crippen LogP contribution is -2.28. The van der Waals surface area contributed by atoms with E-state index in [0.717, 1.165) is 28.7 Å². The largest absolute Gasteiger partial charge is 0.366 e. The van der Waals surface area contributed by atoms with Crippen LogP contribution < -0.4 is 5.32 Å². The number of carbonyl (C=O) groups excluding carboxylic acids is 1. The summed E-state index contributed by atoms with van der Waals surface area (Å²) in [5.41, 5.74) is 1.89. The third-order valence-electron chi connectivity index (χ3n) is 3.60. The van der Waals surface area contributed by atoms with Crippen LogP contribution in [0.1, 0.15) is 13.8 Å². The molecular formula is C20H22FN5OS. The van der Waals surface area contributed by atoms with E-state index in [1.165, 1.54) is 19.3 Å². The van der Waals surface area contributed by atoms with Crippen LogP contribution in [0.3, 0.4) is 0 Å². The first-order chi connectivity index (χ1) is 13.4. The Morgan fingerprint density at radius 1 is 1.43 bits per heavy atom. The van der Waals surface area contributed by atoms with Crippen LogP contribution in [-0.4, -0.2) is 41.4 Å². The third-order valence-corrected chi connectivity index (χ3v) is 4.67. The van der Waals surface area contributed by atoms with Crippen molar-refractivity contribution in [2.24, 2.45) is 9.98 Å². The Labute approximate surface area is 168 Å². The number of anilines is 1. The van der Waals surface area contributed by atoms with Crippen molar-refractivity contribution in [3.05, 3.63) is 65.2 Å². The van der Waals surface area contributed by atoms with Crippen molar-refractivity contribution in [3.63, 3.8) is 0 Å². The monoisotopic (exact) mass is 399 g/mol.